The van der Waals surface area contributed by atoms with Gasteiger partial charge < -0.3 is 16.0 Å². The minimum atomic E-state index is 0.705. The number of nitrogen functional groups attached to an aromatic ring is 1. The Morgan fingerprint density at radius 1 is 1.10 bits per heavy atom. The molecule has 4 nitrogen and oxygen atoms in total. The largest absolute Gasteiger partial charge is 0.396 e. The Hall–Kier alpha value is -2.23. The first kappa shape index (κ1) is 12.8. The molecule has 0 atom stereocenters. The molecule has 2 aromatic rings. The van der Waals surface area contributed by atoms with E-state index in [2.05, 4.69) is 39.5 Å². The fourth-order valence-electron chi connectivity index (χ4n) is 2.54. The Morgan fingerprint density at radius 2 is 1.80 bits per heavy atom. The second kappa shape index (κ2) is 5.41. The van der Waals surface area contributed by atoms with Crippen molar-refractivity contribution < 1.29 is 0 Å². The van der Waals surface area contributed by atoms with Crippen LogP contribution in [0.3, 0.4) is 0 Å². The summed E-state index contributed by atoms with van der Waals surface area (Å²) in [6.45, 7) is 4.32. The number of nitrogens with one attached hydrogen (secondary N) is 1. The van der Waals surface area contributed by atoms with Crippen LogP contribution >= 0.6 is 0 Å². The predicted octanol–water partition coefficient (Wildman–Crippen LogP) is 3.32. The Kier molecular flexibility index (Phi) is 3.46. The summed E-state index contributed by atoms with van der Waals surface area (Å²) in [5.41, 5.74) is 10.1. The monoisotopic (exact) mass is 268 g/mol. The third-order valence-corrected chi connectivity index (χ3v) is 3.81. The highest BCUT2D eigenvalue weighted by Crippen LogP contribution is 2.26. The van der Waals surface area contributed by atoms with Crippen molar-refractivity contribution in [2.75, 3.05) is 29.0 Å². The second-order valence-electron chi connectivity index (χ2n) is 5.26. The molecule has 0 bridgehead atoms. The summed E-state index contributed by atoms with van der Waals surface area (Å²) in [6, 6.07) is 10.4. The van der Waals surface area contributed by atoms with Gasteiger partial charge in [-0.05, 0) is 55.7 Å². The summed E-state index contributed by atoms with van der Waals surface area (Å²) in [5.74, 6) is 0.721. The van der Waals surface area contributed by atoms with E-state index in [9.17, 15) is 0 Å². The van der Waals surface area contributed by atoms with Crippen LogP contribution in [0.2, 0.25) is 0 Å². The Morgan fingerprint density at radius 3 is 2.50 bits per heavy atom. The molecular weight excluding hydrogens is 248 g/mol. The molecule has 1 aliphatic heterocycles. The maximum Gasteiger partial charge on any atom is 0.153 e. The minimum Gasteiger partial charge on any atom is -0.396 e. The highest BCUT2D eigenvalue weighted by Gasteiger charge is 2.12. The average Bonchev–Trinajstić information content (AvgIpc) is 2.99. The number of benzene rings is 1. The molecule has 4 heteroatoms. The topological polar surface area (TPSA) is 54.2 Å². The summed E-state index contributed by atoms with van der Waals surface area (Å²) in [4.78, 5) is 6.71. The van der Waals surface area contributed by atoms with Crippen molar-refractivity contribution in [2.45, 2.75) is 19.8 Å². The molecule has 2 heterocycles. The fourth-order valence-corrected chi connectivity index (χ4v) is 2.54. The van der Waals surface area contributed by atoms with Crippen molar-refractivity contribution in [3.05, 3.63) is 42.1 Å². The zero-order chi connectivity index (χ0) is 13.9. The van der Waals surface area contributed by atoms with E-state index in [0.717, 1.165) is 17.1 Å². The Balaban J connectivity index is 1.76. The van der Waals surface area contributed by atoms with Crippen molar-refractivity contribution in [1.29, 1.82) is 0 Å². The standard InChI is InChI=1S/C16H20N4/c1-12-8-9-18-16(15(12)17)19-13-4-6-14(7-5-13)20-10-2-3-11-20/h4-9H,2-3,10-11,17H2,1H3,(H,18,19). The zero-order valence-electron chi connectivity index (χ0n) is 11.8. The lowest BCUT2D eigenvalue weighted by molar-refractivity contribution is 0.949. The molecule has 3 N–H and O–H groups in total. The molecule has 0 radical (unpaired) electrons. The summed E-state index contributed by atoms with van der Waals surface area (Å²) < 4.78 is 0. The summed E-state index contributed by atoms with van der Waals surface area (Å²) in [7, 11) is 0. The molecule has 1 aromatic carbocycles. The van der Waals surface area contributed by atoms with Crippen LogP contribution in [0.25, 0.3) is 0 Å². The molecule has 1 aromatic heterocycles. The van der Waals surface area contributed by atoms with Gasteiger partial charge in [0.05, 0.1) is 5.69 Å². The SMILES string of the molecule is Cc1ccnc(Nc2ccc(N3CCCC3)cc2)c1N. The Bertz CT molecular complexity index is 586. The van der Waals surface area contributed by atoms with Gasteiger partial charge in [0.1, 0.15) is 0 Å². The van der Waals surface area contributed by atoms with Crippen LogP contribution in [0.1, 0.15) is 18.4 Å². The normalized spacial score (nSPS) is 14.6. The molecule has 0 unspecified atom stereocenters. The predicted molar refractivity (Wildman–Crippen MR) is 84.6 cm³/mol. The number of nitrogens with two attached hydrogens (primary N) is 1. The molecule has 104 valence electrons. The first-order valence-corrected chi connectivity index (χ1v) is 7.07. The van der Waals surface area contributed by atoms with E-state index in [0.29, 0.717) is 5.69 Å². The van der Waals surface area contributed by atoms with Crippen LogP contribution in [0.4, 0.5) is 22.9 Å². The lowest BCUT2D eigenvalue weighted by atomic mass is 10.2. The molecule has 1 fully saturated rings. The molecule has 0 spiro atoms. The zero-order valence-corrected chi connectivity index (χ0v) is 11.8. The van der Waals surface area contributed by atoms with Gasteiger partial charge in [0.15, 0.2) is 5.82 Å². The highest BCUT2D eigenvalue weighted by atomic mass is 15.1. The van der Waals surface area contributed by atoms with Gasteiger partial charge in [-0.3, -0.25) is 0 Å². The molecule has 1 saturated heterocycles. The van der Waals surface area contributed by atoms with Crippen LogP contribution in [0.5, 0.6) is 0 Å². The number of nitrogens with zero attached hydrogens (tertiary/aromatic N) is 2. The smallest absolute Gasteiger partial charge is 0.153 e. The number of aryl methyl sites for hydroxylation is 1. The van der Waals surface area contributed by atoms with Gasteiger partial charge in [-0.15, -0.1) is 0 Å². The maximum atomic E-state index is 6.03. The average molecular weight is 268 g/mol. The van der Waals surface area contributed by atoms with Crippen molar-refractivity contribution >= 4 is 22.9 Å². The number of aromatic nitrogens is 1. The molecule has 20 heavy (non-hydrogen) atoms. The van der Waals surface area contributed by atoms with E-state index in [1.54, 1.807) is 6.20 Å². The van der Waals surface area contributed by atoms with Gasteiger partial charge in [-0.1, -0.05) is 0 Å². The van der Waals surface area contributed by atoms with Crippen LogP contribution in [-0.4, -0.2) is 18.1 Å². The van der Waals surface area contributed by atoms with Gasteiger partial charge >= 0.3 is 0 Å². The number of rotatable bonds is 3. The third kappa shape index (κ3) is 2.54. The number of hydrogen-bond donors (Lipinski definition) is 2. The van der Waals surface area contributed by atoms with Gasteiger partial charge in [0, 0.05) is 30.7 Å². The van der Waals surface area contributed by atoms with Crippen molar-refractivity contribution in [3.63, 3.8) is 0 Å². The first-order valence-electron chi connectivity index (χ1n) is 7.07. The van der Waals surface area contributed by atoms with Crippen LogP contribution < -0.4 is 16.0 Å². The molecule has 0 aliphatic carbocycles. The van der Waals surface area contributed by atoms with E-state index < -0.39 is 0 Å². The summed E-state index contributed by atoms with van der Waals surface area (Å²) in [6.07, 6.45) is 4.36. The summed E-state index contributed by atoms with van der Waals surface area (Å²) in [5, 5.41) is 3.28. The maximum absolute atomic E-state index is 6.03. The van der Waals surface area contributed by atoms with E-state index in [4.69, 9.17) is 5.73 Å². The number of pyridine rings is 1. The van der Waals surface area contributed by atoms with E-state index in [1.165, 1.54) is 31.6 Å². The van der Waals surface area contributed by atoms with Gasteiger partial charge in [-0.2, -0.15) is 0 Å². The molecule has 0 saturated carbocycles. The Labute approximate surface area is 119 Å². The van der Waals surface area contributed by atoms with Crippen molar-refractivity contribution in [2.24, 2.45) is 0 Å². The van der Waals surface area contributed by atoms with Crippen molar-refractivity contribution in [1.82, 2.24) is 4.98 Å². The molecular formula is C16H20N4. The highest BCUT2D eigenvalue weighted by molar-refractivity contribution is 5.71. The fraction of sp³-hybridized carbons (Fsp3) is 0.312. The first-order chi connectivity index (χ1) is 9.74. The summed E-state index contributed by atoms with van der Waals surface area (Å²) >= 11 is 0. The van der Waals surface area contributed by atoms with Crippen LogP contribution in [0, 0.1) is 6.92 Å². The van der Waals surface area contributed by atoms with Gasteiger partial charge in [-0.25, -0.2) is 4.98 Å². The van der Waals surface area contributed by atoms with Crippen LogP contribution in [-0.2, 0) is 0 Å². The van der Waals surface area contributed by atoms with E-state index >= 15 is 0 Å². The lowest BCUT2D eigenvalue weighted by Crippen LogP contribution is -2.17. The van der Waals surface area contributed by atoms with Crippen LogP contribution in [0.15, 0.2) is 36.5 Å². The number of anilines is 4. The lowest BCUT2D eigenvalue weighted by Gasteiger charge is -2.18. The second-order valence-corrected chi connectivity index (χ2v) is 5.26. The minimum absolute atomic E-state index is 0.705. The molecule has 0 amide bonds. The van der Waals surface area contributed by atoms with E-state index in [1.807, 2.05) is 13.0 Å². The third-order valence-electron chi connectivity index (χ3n) is 3.81. The quantitative estimate of drug-likeness (QED) is 0.896. The molecule has 3 rings (SSSR count). The van der Waals surface area contributed by atoms with E-state index in [-0.39, 0.29) is 0 Å². The molecule has 1 aliphatic rings. The van der Waals surface area contributed by atoms with Gasteiger partial charge in [0.25, 0.3) is 0 Å². The van der Waals surface area contributed by atoms with Crippen molar-refractivity contribution in [3.8, 4) is 0 Å². The number of hydrogen-bond acceptors (Lipinski definition) is 4. The van der Waals surface area contributed by atoms with Gasteiger partial charge in [0.2, 0.25) is 0 Å².